The second kappa shape index (κ2) is 11.2. The Kier molecular flexibility index (Phi) is 7.80. The van der Waals surface area contributed by atoms with Crippen molar-refractivity contribution in [3.05, 3.63) is 72.8 Å². The number of rotatable bonds is 8. The normalized spacial score (nSPS) is 16.7. The van der Waals surface area contributed by atoms with Crippen LogP contribution in [0.3, 0.4) is 0 Å². The molecule has 0 unspecified atom stereocenters. The van der Waals surface area contributed by atoms with Gasteiger partial charge in [-0.05, 0) is 74.9 Å². The van der Waals surface area contributed by atoms with Gasteiger partial charge in [-0.1, -0.05) is 36.4 Å². The molecule has 5 rings (SSSR count). The van der Waals surface area contributed by atoms with Gasteiger partial charge in [0.1, 0.15) is 0 Å². The maximum absolute atomic E-state index is 13.4. The van der Waals surface area contributed by atoms with E-state index in [1.165, 1.54) is 0 Å². The topological polar surface area (TPSA) is 98.8 Å². The lowest BCUT2D eigenvalue weighted by Gasteiger charge is -2.35. The second-order valence-corrected chi connectivity index (χ2v) is 13.2. The molecule has 3 aromatic carbocycles. The van der Waals surface area contributed by atoms with Crippen molar-refractivity contribution < 1.29 is 16.8 Å². The molecular formula is C28H34N4O4S2. The van der Waals surface area contributed by atoms with E-state index in [1.807, 2.05) is 0 Å². The van der Waals surface area contributed by atoms with Crippen LogP contribution in [-0.2, 0) is 20.0 Å². The zero-order valence-corrected chi connectivity index (χ0v) is 23.0. The first kappa shape index (κ1) is 26.4. The second-order valence-electron chi connectivity index (χ2n) is 9.82. The van der Waals surface area contributed by atoms with E-state index < -0.39 is 20.0 Å². The average molecular weight is 555 g/mol. The minimum Gasteiger partial charge on any atom is -0.370 e. The smallest absolute Gasteiger partial charge is 0.261 e. The van der Waals surface area contributed by atoms with Crippen LogP contribution in [0.2, 0.25) is 0 Å². The summed E-state index contributed by atoms with van der Waals surface area (Å²) in [6, 6.07) is 20.2. The first-order chi connectivity index (χ1) is 18.3. The Morgan fingerprint density at radius 1 is 0.500 bits per heavy atom. The Morgan fingerprint density at radius 3 is 1.18 bits per heavy atom. The van der Waals surface area contributed by atoms with E-state index >= 15 is 0 Å². The van der Waals surface area contributed by atoms with Gasteiger partial charge in [0.05, 0.1) is 32.5 Å². The summed E-state index contributed by atoms with van der Waals surface area (Å²) in [6.45, 7) is 3.09. The maximum atomic E-state index is 13.4. The number of hydrogen-bond donors (Lipinski definition) is 2. The van der Waals surface area contributed by atoms with E-state index in [-0.39, 0.29) is 9.79 Å². The first-order valence-corrected chi connectivity index (χ1v) is 16.1. The van der Waals surface area contributed by atoms with Crippen molar-refractivity contribution in [3.8, 4) is 0 Å². The molecule has 10 heteroatoms. The molecule has 8 nitrogen and oxygen atoms in total. The van der Waals surface area contributed by atoms with Crippen molar-refractivity contribution in [2.45, 2.75) is 48.3 Å². The van der Waals surface area contributed by atoms with E-state index in [0.29, 0.717) is 22.7 Å². The predicted molar refractivity (Wildman–Crippen MR) is 153 cm³/mol. The van der Waals surface area contributed by atoms with Gasteiger partial charge in [-0.15, -0.1) is 0 Å². The third-order valence-electron chi connectivity index (χ3n) is 7.10. The molecule has 202 valence electrons. The predicted octanol–water partition coefficient (Wildman–Crippen LogP) is 5.27. The minimum atomic E-state index is -3.85. The molecule has 2 aliphatic heterocycles. The van der Waals surface area contributed by atoms with Crippen molar-refractivity contribution >= 4 is 42.8 Å². The van der Waals surface area contributed by atoms with Crippen LogP contribution >= 0.6 is 0 Å². The van der Waals surface area contributed by atoms with Crippen LogP contribution in [0.25, 0.3) is 0 Å². The number of sulfonamides is 2. The van der Waals surface area contributed by atoms with Gasteiger partial charge >= 0.3 is 0 Å². The molecule has 2 heterocycles. The highest BCUT2D eigenvalue weighted by molar-refractivity contribution is 7.93. The molecule has 2 aliphatic rings. The highest BCUT2D eigenvalue weighted by Crippen LogP contribution is 2.41. The summed E-state index contributed by atoms with van der Waals surface area (Å²) in [6.07, 6.45) is 6.18. The molecule has 0 amide bonds. The molecule has 2 saturated heterocycles. The molecule has 2 N–H and O–H groups in total. The van der Waals surface area contributed by atoms with Gasteiger partial charge in [0.25, 0.3) is 20.0 Å². The van der Waals surface area contributed by atoms with Crippen molar-refractivity contribution in [2.75, 3.05) is 45.4 Å². The summed E-state index contributed by atoms with van der Waals surface area (Å²) < 4.78 is 59.1. The highest BCUT2D eigenvalue weighted by atomic mass is 32.2. The molecule has 0 radical (unpaired) electrons. The summed E-state index contributed by atoms with van der Waals surface area (Å²) >= 11 is 0. The van der Waals surface area contributed by atoms with Crippen molar-refractivity contribution in [1.29, 1.82) is 0 Å². The quantitative estimate of drug-likeness (QED) is 0.394. The van der Waals surface area contributed by atoms with Gasteiger partial charge in [-0.3, -0.25) is 9.44 Å². The number of nitrogens with zero attached hydrogens (tertiary/aromatic N) is 2. The van der Waals surface area contributed by atoms with Crippen LogP contribution in [0.1, 0.15) is 38.5 Å². The Bertz CT molecular complexity index is 1340. The third-order valence-corrected chi connectivity index (χ3v) is 9.87. The molecular weight excluding hydrogens is 520 g/mol. The Morgan fingerprint density at radius 2 is 0.842 bits per heavy atom. The van der Waals surface area contributed by atoms with Gasteiger partial charge < -0.3 is 9.80 Å². The molecule has 3 aromatic rings. The van der Waals surface area contributed by atoms with E-state index in [9.17, 15) is 16.8 Å². The van der Waals surface area contributed by atoms with E-state index in [1.54, 1.807) is 72.8 Å². The van der Waals surface area contributed by atoms with E-state index in [4.69, 9.17) is 0 Å². The highest BCUT2D eigenvalue weighted by Gasteiger charge is 2.26. The number of piperidine rings is 2. The van der Waals surface area contributed by atoms with Gasteiger partial charge in [0, 0.05) is 26.2 Å². The minimum absolute atomic E-state index is 0.179. The van der Waals surface area contributed by atoms with Crippen molar-refractivity contribution in [2.24, 2.45) is 0 Å². The summed E-state index contributed by atoms with van der Waals surface area (Å²) in [5, 5.41) is 0. The zero-order valence-electron chi connectivity index (χ0n) is 21.3. The van der Waals surface area contributed by atoms with Crippen molar-refractivity contribution in [1.82, 2.24) is 0 Å². The van der Waals surface area contributed by atoms with Gasteiger partial charge in [-0.25, -0.2) is 16.8 Å². The van der Waals surface area contributed by atoms with Gasteiger partial charge in [-0.2, -0.15) is 0 Å². The monoisotopic (exact) mass is 554 g/mol. The van der Waals surface area contributed by atoms with Crippen LogP contribution in [0.5, 0.6) is 0 Å². The van der Waals surface area contributed by atoms with E-state index in [0.717, 1.165) is 64.7 Å². The van der Waals surface area contributed by atoms with Crippen LogP contribution in [0.15, 0.2) is 82.6 Å². The molecule has 2 fully saturated rings. The lowest BCUT2D eigenvalue weighted by atomic mass is 10.1. The van der Waals surface area contributed by atoms with Gasteiger partial charge in [0.15, 0.2) is 0 Å². The zero-order chi connectivity index (χ0) is 26.6. The molecule has 0 aromatic heterocycles. The molecule has 0 saturated carbocycles. The van der Waals surface area contributed by atoms with Crippen LogP contribution in [0.4, 0.5) is 22.7 Å². The fourth-order valence-electron chi connectivity index (χ4n) is 5.14. The van der Waals surface area contributed by atoms with Crippen LogP contribution in [0, 0.1) is 0 Å². The standard InChI is InChI=1S/C28H34N4O4S2/c33-37(34,23-13-5-1-6-14-23)29-25-21-28(32-19-11-4-12-20-32)26(22-27(25)31-17-9-3-10-18-31)30-38(35,36)24-15-7-2-8-16-24/h1-2,5-8,13-16,21-22,29-30H,3-4,9-12,17-20H2. The number of hydrogen-bond acceptors (Lipinski definition) is 6. The van der Waals surface area contributed by atoms with E-state index in [2.05, 4.69) is 19.2 Å². The van der Waals surface area contributed by atoms with Crippen LogP contribution in [-0.4, -0.2) is 43.0 Å². The first-order valence-electron chi connectivity index (χ1n) is 13.2. The lowest BCUT2D eigenvalue weighted by molar-refractivity contribution is 0.575. The molecule has 0 spiro atoms. The summed E-state index contributed by atoms with van der Waals surface area (Å²) in [5.41, 5.74) is 2.27. The van der Waals surface area contributed by atoms with Crippen LogP contribution < -0.4 is 19.2 Å². The number of nitrogens with one attached hydrogen (secondary N) is 2. The lowest BCUT2D eigenvalue weighted by Crippen LogP contribution is -2.33. The van der Waals surface area contributed by atoms with Crippen molar-refractivity contribution in [3.63, 3.8) is 0 Å². The number of benzene rings is 3. The summed E-state index contributed by atoms with van der Waals surface area (Å²) in [5.74, 6) is 0. The summed E-state index contributed by atoms with van der Waals surface area (Å²) in [7, 11) is -7.69. The molecule has 38 heavy (non-hydrogen) atoms. The fourth-order valence-corrected chi connectivity index (χ4v) is 7.31. The largest absolute Gasteiger partial charge is 0.370 e. The average Bonchev–Trinajstić information content (AvgIpc) is 2.95. The maximum Gasteiger partial charge on any atom is 0.261 e. The van der Waals surface area contributed by atoms with Gasteiger partial charge in [0.2, 0.25) is 0 Å². The number of anilines is 4. The Balaban J connectivity index is 1.62. The molecule has 0 atom stereocenters. The Hall–Kier alpha value is -3.24. The Labute approximate surface area is 225 Å². The molecule has 0 aliphatic carbocycles. The summed E-state index contributed by atoms with van der Waals surface area (Å²) in [4.78, 5) is 4.65. The third kappa shape index (κ3) is 5.91. The SMILES string of the molecule is O=S(=O)(Nc1cc(N2CCCCC2)c(NS(=O)(=O)c2ccccc2)cc1N1CCCCC1)c1ccccc1. The molecule has 0 bridgehead atoms. The fraction of sp³-hybridized carbons (Fsp3) is 0.357.